The lowest BCUT2D eigenvalue weighted by atomic mass is 10.0. The molecule has 1 amide bonds. The molecule has 1 aromatic rings. The van der Waals surface area contributed by atoms with E-state index in [1.54, 1.807) is 12.1 Å². The largest absolute Gasteiger partial charge is 0.396 e. The quantitative estimate of drug-likeness (QED) is 0.816. The van der Waals surface area contributed by atoms with E-state index in [1.165, 1.54) is 12.1 Å². The standard InChI is InChI=1S/C14H15BrFNO2/c1-2-3-13(19)17-14(7-9(14)8-18)11-6-10(15)4-5-12(11)16/h2,4-6,9,18H,1,3,7-8H2,(H,17,19)/t9-,14-/m0/s1. The molecular formula is C14H15BrFNO2. The van der Waals surface area contributed by atoms with Gasteiger partial charge in [-0.2, -0.15) is 0 Å². The van der Waals surface area contributed by atoms with E-state index in [0.717, 1.165) is 4.47 Å². The zero-order chi connectivity index (χ0) is 14.0. The number of benzene rings is 1. The number of carbonyl (C=O) groups excluding carboxylic acids is 1. The fourth-order valence-corrected chi connectivity index (χ4v) is 2.73. The maximum Gasteiger partial charge on any atom is 0.224 e. The summed E-state index contributed by atoms with van der Waals surface area (Å²) < 4.78 is 14.7. The highest BCUT2D eigenvalue weighted by Gasteiger charge is 2.57. The minimum absolute atomic E-state index is 0.0830. The number of hydrogen-bond donors (Lipinski definition) is 2. The van der Waals surface area contributed by atoms with Crippen LogP contribution in [0.3, 0.4) is 0 Å². The van der Waals surface area contributed by atoms with Crippen molar-refractivity contribution in [3.8, 4) is 0 Å². The predicted molar refractivity (Wildman–Crippen MR) is 73.9 cm³/mol. The molecule has 2 rings (SSSR count). The molecule has 0 radical (unpaired) electrons. The van der Waals surface area contributed by atoms with Crippen LogP contribution in [0.5, 0.6) is 0 Å². The normalized spacial score (nSPS) is 24.9. The van der Waals surface area contributed by atoms with Crippen molar-refractivity contribution in [1.82, 2.24) is 5.32 Å². The maximum absolute atomic E-state index is 14.0. The summed E-state index contributed by atoms with van der Waals surface area (Å²) in [5.74, 6) is -0.742. The van der Waals surface area contributed by atoms with Gasteiger partial charge in [0.05, 0.1) is 5.54 Å². The molecule has 1 saturated carbocycles. The molecule has 0 spiro atoms. The zero-order valence-electron chi connectivity index (χ0n) is 10.3. The number of aliphatic hydroxyl groups is 1. The van der Waals surface area contributed by atoms with Crippen molar-refractivity contribution in [2.75, 3.05) is 6.61 Å². The smallest absolute Gasteiger partial charge is 0.224 e. The average molecular weight is 328 g/mol. The summed E-state index contributed by atoms with van der Waals surface area (Å²) in [6.45, 7) is 3.42. The molecule has 0 saturated heterocycles. The summed E-state index contributed by atoms with van der Waals surface area (Å²) >= 11 is 3.30. The van der Waals surface area contributed by atoms with Crippen LogP contribution < -0.4 is 5.32 Å². The topological polar surface area (TPSA) is 49.3 Å². The Morgan fingerprint density at radius 2 is 2.42 bits per heavy atom. The number of aliphatic hydroxyl groups excluding tert-OH is 1. The van der Waals surface area contributed by atoms with Gasteiger partial charge in [0.2, 0.25) is 5.91 Å². The first kappa shape index (κ1) is 14.2. The monoisotopic (exact) mass is 327 g/mol. The van der Waals surface area contributed by atoms with Crippen LogP contribution >= 0.6 is 15.9 Å². The minimum atomic E-state index is -0.789. The van der Waals surface area contributed by atoms with Gasteiger partial charge in [0.1, 0.15) is 5.82 Å². The van der Waals surface area contributed by atoms with Crippen LogP contribution in [0, 0.1) is 11.7 Å². The molecule has 2 atom stereocenters. The number of hydrogen-bond acceptors (Lipinski definition) is 2. The number of amides is 1. The van der Waals surface area contributed by atoms with Crippen molar-refractivity contribution in [3.63, 3.8) is 0 Å². The molecule has 102 valence electrons. The third-order valence-corrected chi connectivity index (χ3v) is 3.92. The molecule has 1 aliphatic carbocycles. The molecule has 0 aliphatic heterocycles. The molecule has 0 unspecified atom stereocenters. The number of carbonyl (C=O) groups is 1. The minimum Gasteiger partial charge on any atom is -0.396 e. The van der Waals surface area contributed by atoms with Gasteiger partial charge in [0, 0.05) is 29.0 Å². The van der Waals surface area contributed by atoms with Gasteiger partial charge >= 0.3 is 0 Å². The summed E-state index contributed by atoms with van der Waals surface area (Å²) in [5.41, 5.74) is -0.374. The van der Waals surface area contributed by atoms with E-state index in [9.17, 15) is 14.3 Å². The molecule has 0 aromatic heterocycles. The Kier molecular flexibility index (Phi) is 4.06. The summed E-state index contributed by atoms with van der Waals surface area (Å²) in [4.78, 5) is 11.7. The van der Waals surface area contributed by atoms with Crippen molar-refractivity contribution >= 4 is 21.8 Å². The van der Waals surface area contributed by atoms with E-state index in [1.807, 2.05) is 0 Å². The van der Waals surface area contributed by atoms with Crippen molar-refractivity contribution in [1.29, 1.82) is 0 Å². The predicted octanol–water partition coefficient (Wildman–Crippen LogP) is 2.49. The summed E-state index contributed by atoms with van der Waals surface area (Å²) in [7, 11) is 0. The Morgan fingerprint density at radius 3 is 3.00 bits per heavy atom. The fourth-order valence-electron chi connectivity index (χ4n) is 2.37. The molecule has 1 aromatic carbocycles. The van der Waals surface area contributed by atoms with Gasteiger partial charge in [-0.25, -0.2) is 4.39 Å². The number of halogens is 2. The van der Waals surface area contributed by atoms with E-state index >= 15 is 0 Å². The zero-order valence-corrected chi connectivity index (χ0v) is 11.9. The van der Waals surface area contributed by atoms with Crippen LogP contribution in [-0.4, -0.2) is 17.6 Å². The van der Waals surface area contributed by atoms with Gasteiger partial charge in [-0.05, 0) is 24.6 Å². The van der Waals surface area contributed by atoms with Crippen LogP contribution in [0.15, 0.2) is 35.3 Å². The van der Waals surface area contributed by atoms with Crippen LogP contribution in [0.4, 0.5) is 4.39 Å². The molecule has 3 nitrogen and oxygen atoms in total. The van der Waals surface area contributed by atoms with Gasteiger partial charge < -0.3 is 10.4 Å². The molecule has 0 heterocycles. The lowest BCUT2D eigenvalue weighted by Crippen LogP contribution is -2.37. The van der Waals surface area contributed by atoms with Crippen molar-refractivity contribution in [2.45, 2.75) is 18.4 Å². The highest BCUT2D eigenvalue weighted by atomic mass is 79.9. The van der Waals surface area contributed by atoms with Crippen LogP contribution in [0.2, 0.25) is 0 Å². The second-order valence-electron chi connectivity index (χ2n) is 4.72. The molecule has 1 fully saturated rings. The molecule has 1 aliphatic rings. The Morgan fingerprint density at radius 1 is 1.68 bits per heavy atom. The van der Waals surface area contributed by atoms with Crippen LogP contribution in [-0.2, 0) is 10.3 Å². The van der Waals surface area contributed by atoms with Crippen LogP contribution in [0.25, 0.3) is 0 Å². The van der Waals surface area contributed by atoms with Crippen molar-refractivity contribution in [2.24, 2.45) is 5.92 Å². The summed E-state index contributed by atoms with van der Waals surface area (Å²) in [5, 5.41) is 12.1. The third kappa shape index (κ3) is 2.72. The Labute approximate surface area is 119 Å². The van der Waals surface area contributed by atoms with Crippen molar-refractivity contribution < 1.29 is 14.3 Å². The van der Waals surface area contributed by atoms with Gasteiger partial charge in [-0.3, -0.25) is 4.79 Å². The van der Waals surface area contributed by atoms with Gasteiger partial charge in [-0.1, -0.05) is 22.0 Å². The van der Waals surface area contributed by atoms with Gasteiger partial charge in [0.15, 0.2) is 0 Å². The molecule has 2 N–H and O–H groups in total. The highest BCUT2D eigenvalue weighted by Crippen LogP contribution is 2.52. The first-order valence-electron chi connectivity index (χ1n) is 6.02. The third-order valence-electron chi connectivity index (χ3n) is 3.43. The second kappa shape index (κ2) is 5.43. The SMILES string of the molecule is C=CCC(=O)N[C@@]1(c2cc(Br)ccc2F)C[C@H]1CO. The Hall–Kier alpha value is -1.20. The van der Waals surface area contributed by atoms with E-state index in [4.69, 9.17) is 0 Å². The van der Waals surface area contributed by atoms with Gasteiger partial charge in [-0.15, -0.1) is 6.58 Å². The first-order chi connectivity index (χ1) is 9.03. The first-order valence-corrected chi connectivity index (χ1v) is 6.81. The summed E-state index contributed by atoms with van der Waals surface area (Å²) in [6.07, 6.45) is 2.21. The van der Waals surface area contributed by atoms with E-state index in [2.05, 4.69) is 27.8 Å². The molecule has 5 heteroatoms. The average Bonchev–Trinajstić information content (AvgIpc) is 3.07. The molecular weight excluding hydrogens is 313 g/mol. The Bertz CT molecular complexity index is 520. The maximum atomic E-state index is 14.0. The lowest BCUT2D eigenvalue weighted by molar-refractivity contribution is -0.121. The molecule has 19 heavy (non-hydrogen) atoms. The number of nitrogens with one attached hydrogen (secondary N) is 1. The van der Waals surface area contributed by atoms with E-state index in [0.29, 0.717) is 12.0 Å². The fraction of sp³-hybridized carbons (Fsp3) is 0.357. The van der Waals surface area contributed by atoms with Crippen molar-refractivity contribution in [3.05, 3.63) is 46.7 Å². The van der Waals surface area contributed by atoms with Crippen LogP contribution in [0.1, 0.15) is 18.4 Å². The van der Waals surface area contributed by atoms with E-state index < -0.39 is 5.54 Å². The summed E-state index contributed by atoms with van der Waals surface area (Å²) in [6, 6.07) is 4.61. The van der Waals surface area contributed by atoms with E-state index in [-0.39, 0.29) is 30.7 Å². The van der Waals surface area contributed by atoms with Gasteiger partial charge in [0.25, 0.3) is 0 Å². The molecule has 0 bridgehead atoms. The number of rotatable bonds is 5. The highest BCUT2D eigenvalue weighted by molar-refractivity contribution is 9.10. The second-order valence-corrected chi connectivity index (χ2v) is 5.64. The Balaban J connectivity index is 2.32. The lowest BCUT2D eigenvalue weighted by Gasteiger charge is -2.20.